The fourth-order valence-corrected chi connectivity index (χ4v) is 9.28. The molecule has 0 aliphatic carbocycles. The number of hydrogen-bond donors (Lipinski definition) is 4. The van der Waals surface area contributed by atoms with Gasteiger partial charge in [0.2, 0.25) is 0 Å². The Kier molecular flexibility index (Phi) is 70.2. The van der Waals surface area contributed by atoms with E-state index in [2.05, 4.69) is 23.6 Å². The van der Waals surface area contributed by atoms with Crippen molar-refractivity contribution in [1.29, 1.82) is 0 Å². The molecule has 0 aromatic rings. The van der Waals surface area contributed by atoms with Gasteiger partial charge < -0.3 is 50.8 Å². The average Bonchev–Trinajstić information content (AvgIpc) is 3.15. The van der Waals surface area contributed by atoms with Gasteiger partial charge in [-0.3, -0.25) is 9.13 Å². The van der Waals surface area contributed by atoms with E-state index >= 15 is 0 Å². The first-order chi connectivity index (χ1) is 25.3. The van der Waals surface area contributed by atoms with Crippen molar-refractivity contribution in [3.05, 3.63) is 0 Å². The van der Waals surface area contributed by atoms with Gasteiger partial charge in [0.15, 0.2) is 0 Å². The average molecular weight is 1000 g/mol. The van der Waals surface area contributed by atoms with Crippen molar-refractivity contribution in [1.82, 2.24) is 9.80 Å². The summed E-state index contributed by atoms with van der Waals surface area (Å²) in [6.45, 7) is 13.7. The Morgan fingerprint density at radius 3 is 0.793 bits per heavy atom. The van der Waals surface area contributed by atoms with Crippen molar-refractivity contribution in [3.8, 4) is 0 Å². The Labute approximate surface area is 393 Å². The maximum absolute atomic E-state index is 13.6. The lowest BCUT2D eigenvalue weighted by Crippen LogP contribution is -2.31. The molecular formula is C38H92Cl6N6O6P2. The van der Waals surface area contributed by atoms with E-state index in [4.69, 9.17) is 41.0 Å². The van der Waals surface area contributed by atoms with Gasteiger partial charge in [0, 0.05) is 13.1 Å². The lowest BCUT2D eigenvalue weighted by Gasteiger charge is -2.25. The standard InChI is InChI=1S/C38H86N6O6P2.6ClH/c1-3-5-15-33-47-51(45,37-31-43(27-19-23-39)28-20-24-40)49-35-17-13-11-9-7-8-10-12-14-18-36-50-52(46,48-34-16-6-4-2)38-32-44(29-21-25-41)30-22-26-42;;;;;;/h3-42H2,1-2H3;6*1H. The summed E-state index contributed by atoms with van der Waals surface area (Å²) in [7, 11) is -6.28. The molecule has 362 valence electrons. The first-order valence-electron chi connectivity index (χ1n) is 21.3. The van der Waals surface area contributed by atoms with Crippen molar-refractivity contribution in [2.45, 2.75) is 142 Å². The third kappa shape index (κ3) is 47.3. The van der Waals surface area contributed by atoms with Crippen molar-refractivity contribution < 1.29 is 27.2 Å². The van der Waals surface area contributed by atoms with Crippen LogP contribution in [-0.4, -0.2) is 114 Å². The summed E-state index contributed by atoms with van der Waals surface area (Å²) in [5.41, 5.74) is 22.9. The molecule has 20 heteroatoms. The number of hydrogen-bond acceptors (Lipinski definition) is 12. The van der Waals surface area contributed by atoms with Crippen LogP contribution in [0.2, 0.25) is 0 Å². The van der Waals surface area contributed by atoms with Crippen LogP contribution in [0.4, 0.5) is 0 Å². The minimum atomic E-state index is -3.14. The van der Waals surface area contributed by atoms with E-state index in [1.165, 1.54) is 25.7 Å². The number of halogens is 6. The van der Waals surface area contributed by atoms with Gasteiger partial charge in [0.25, 0.3) is 0 Å². The summed E-state index contributed by atoms with van der Waals surface area (Å²) in [5.74, 6) is 0. The number of nitrogens with two attached hydrogens (primary N) is 4. The Balaban J connectivity index is -0.000000867. The molecule has 0 aromatic carbocycles. The molecule has 0 saturated carbocycles. The van der Waals surface area contributed by atoms with Gasteiger partial charge in [-0.2, -0.15) is 0 Å². The van der Waals surface area contributed by atoms with Crippen molar-refractivity contribution in [2.75, 3.05) is 104 Å². The SMILES string of the molecule is CCCCCOP(=O)(CCN(CCCN)CCCN)OCCCCCCCCCCCCOP(=O)(CCN(CCCN)CCCN)OCCCCC.Cl.Cl.Cl.Cl.Cl.Cl. The Bertz CT molecular complexity index is 796. The van der Waals surface area contributed by atoms with Crippen LogP contribution in [-0.2, 0) is 27.2 Å². The van der Waals surface area contributed by atoms with Crippen LogP contribution in [0.3, 0.4) is 0 Å². The van der Waals surface area contributed by atoms with E-state index in [1.807, 2.05) is 0 Å². The topological polar surface area (TPSA) is 182 Å². The lowest BCUT2D eigenvalue weighted by atomic mass is 10.1. The molecule has 0 heterocycles. The van der Waals surface area contributed by atoms with Crippen LogP contribution in [0.5, 0.6) is 0 Å². The minimum absolute atomic E-state index is 0. The Morgan fingerprint density at radius 2 is 0.569 bits per heavy atom. The zero-order chi connectivity index (χ0) is 38.4. The molecule has 0 rings (SSSR count). The molecule has 0 aliphatic heterocycles. The first kappa shape index (κ1) is 74.2. The van der Waals surface area contributed by atoms with Gasteiger partial charge in [-0.1, -0.05) is 90.9 Å². The third-order valence-corrected chi connectivity index (χ3v) is 13.1. The molecule has 0 spiro atoms. The fraction of sp³-hybridized carbons (Fsp3) is 1.00. The molecule has 12 nitrogen and oxygen atoms in total. The molecule has 0 aliphatic rings. The Hall–Kier alpha value is 1.80. The van der Waals surface area contributed by atoms with Gasteiger partial charge in [-0.15, -0.1) is 74.4 Å². The molecule has 0 amide bonds. The van der Waals surface area contributed by atoms with E-state index in [0.717, 1.165) is 129 Å². The summed E-state index contributed by atoms with van der Waals surface area (Å²) < 4.78 is 51.0. The molecule has 0 bridgehead atoms. The smallest absolute Gasteiger partial charge is 0.330 e. The van der Waals surface area contributed by atoms with E-state index in [0.29, 0.717) is 78.0 Å². The van der Waals surface area contributed by atoms with E-state index in [1.54, 1.807) is 0 Å². The fourth-order valence-electron chi connectivity index (χ4n) is 5.93. The van der Waals surface area contributed by atoms with Gasteiger partial charge >= 0.3 is 15.2 Å². The maximum Gasteiger partial charge on any atom is 0.331 e. The van der Waals surface area contributed by atoms with Crippen LogP contribution in [0, 0.1) is 0 Å². The molecule has 2 unspecified atom stereocenters. The van der Waals surface area contributed by atoms with Crippen LogP contribution >= 0.6 is 89.6 Å². The van der Waals surface area contributed by atoms with Gasteiger partial charge in [-0.05, 0) is 104 Å². The predicted molar refractivity (Wildman–Crippen MR) is 265 cm³/mol. The van der Waals surface area contributed by atoms with Gasteiger partial charge in [0.05, 0.1) is 38.8 Å². The summed E-state index contributed by atoms with van der Waals surface area (Å²) >= 11 is 0. The second-order valence-corrected chi connectivity index (χ2v) is 18.6. The van der Waals surface area contributed by atoms with Gasteiger partial charge in [-0.25, -0.2) is 0 Å². The van der Waals surface area contributed by atoms with Crippen LogP contribution in [0.25, 0.3) is 0 Å². The molecule has 0 aromatic heterocycles. The number of nitrogens with zero attached hydrogens (tertiary/aromatic N) is 2. The molecule has 0 saturated heterocycles. The molecular weight excluding hydrogens is 911 g/mol. The minimum Gasteiger partial charge on any atom is -0.330 e. The highest BCUT2D eigenvalue weighted by Gasteiger charge is 2.26. The molecule has 2 atom stereocenters. The second kappa shape index (κ2) is 54.9. The van der Waals surface area contributed by atoms with Crippen LogP contribution in [0.15, 0.2) is 0 Å². The van der Waals surface area contributed by atoms with E-state index in [-0.39, 0.29) is 74.4 Å². The van der Waals surface area contributed by atoms with Gasteiger partial charge in [0.1, 0.15) is 0 Å². The largest absolute Gasteiger partial charge is 0.331 e. The Morgan fingerprint density at radius 1 is 0.345 bits per heavy atom. The summed E-state index contributed by atoms with van der Waals surface area (Å²) in [6.07, 6.45) is 21.7. The zero-order valence-corrected chi connectivity index (χ0v) is 43.1. The number of unbranched alkanes of at least 4 members (excludes halogenated alkanes) is 13. The maximum atomic E-state index is 13.6. The predicted octanol–water partition coefficient (Wildman–Crippen LogP) is 10.3. The summed E-state index contributed by atoms with van der Waals surface area (Å²) in [6, 6.07) is 0. The van der Waals surface area contributed by atoms with Crippen molar-refractivity contribution in [3.63, 3.8) is 0 Å². The van der Waals surface area contributed by atoms with E-state index in [9.17, 15) is 9.13 Å². The quantitative estimate of drug-likeness (QED) is 0.0336. The van der Waals surface area contributed by atoms with Crippen LogP contribution < -0.4 is 22.9 Å². The van der Waals surface area contributed by atoms with E-state index < -0.39 is 15.2 Å². The number of rotatable bonds is 43. The normalized spacial score (nSPS) is 12.9. The highest BCUT2D eigenvalue weighted by molar-refractivity contribution is 7.54. The van der Waals surface area contributed by atoms with Crippen molar-refractivity contribution in [2.24, 2.45) is 22.9 Å². The molecule has 58 heavy (non-hydrogen) atoms. The third-order valence-electron chi connectivity index (χ3n) is 9.28. The molecule has 0 fully saturated rings. The summed E-state index contributed by atoms with van der Waals surface area (Å²) in [4.78, 5) is 4.57. The van der Waals surface area contributed by atoms with Crippen LogP contribution in [0.1, 0.15) is 142 Å². The lowest BCUT2D eigenvalue weighted by molar-refractivity contribution is 0.191. The highest BCUT2D eigenvalue weighted by atomic mass is 35.5. The second-order valence-electron chi connectivity index (χ2n) is 14.2. The van der Waals surface area contributed by atoms with Crippen molar-refractivity contribution >= 4 is 89.6 Å². The first-order valence-corrected chi connectivity index (χ1v) is 24.8. The highest BCUT2D eigenvalue weighted by Crippen LogP contribution is 2.49. The molecule has 0 radical (unpaired) electrons. The zero-order valence-electron chi connectivity index (χ0n) is 36.5. The summed E-state index contributed by atoms with van der Waals surface area (Å²) in [5, 5.41) is 0. The monoisotopic (exact) mass is 1000 g/mol. The molecule has 8 N–H and O–H groups in total.